The summed E-state index contributed by atoms with van der Waals surface area (Å²) < 4.78 is 0. The molecule has 147 heavy (non-hydrogen) atoms. The van der Waals surface area contributed by atoms with Crippen LogP contribution >= 0.6 is 0 Å². The van der Waals surface area contributed by atoms with Crippen LogP contribution in [0.15, 0.2) is 564 Å². The lowest BCUT2D eigenvalue weighted by molar-refractivity contribution is 0.794. The van der Waals surface area contributed by atoms with Gasteiger partial charge in [-0.15, -0.1) is 0 Å². The second kappa shape index (κ2) is 37.0. The van der Waals surface area contributed by atoms with E-state index in [1.54, 1.807) is 0 Å². The minimum absolute atomic E-state index is 0.482. The van der Waals surface area contributed by atoms with Crippen LogP contribution in [0, 0.1) is 0 Å². The Bertz CT molecular complexity index is 9550. The molecule has 1 spiro atoms. The van der Waals surface area contributed by atoms with Crippen molar-refractivity contribution in [3.63, 3.8) is 0 Å². The highest BCUT2D eigenvalue weighted by molar-refractivity contribution is 6.27. The Labute approximate surface area is 854 Å². The maximum atomic E-state index is 5.64. The molecule has 2 aliphatic carbocycles. The Morgan fingerprint density at radius 2 is 0.354 bits per heavy atom. The van der Waals surface area contributed by atoms with Crippen LogP contribution in [0.1, 0.15) is 22.3 Å². The molecule has 684 valence electrons. The molecule has 29 rings (SSSR count). The predicted octanol–water partition coefficient (Wildman–Crippen LogP) is 38.5. The van der Waals surface area contributed by atoms with Gasteiger partial charge in [0, 0.05) is 33.4 Å². The van der Waals surface area contributed by atoms with Crippen molar-refractivity contribution in [1.82, 2.24) is 15.0 Å². The summed E-state index contributed by atoms with van der Waals surface area (Å²) in [7, 11) is 0. The van der Waals surface area contributed by atoms with Crippen molar-refractivity contribution in [3.05, 3.63) is 586 Å². The summed E-state index contributed by atoms with van der Waals surface area (Å²) in [6.07, 6.45) is 0. The van der Waals surface area contributed by atoms with Crippen LogP contribution in [0.4, 0.5) is 0 Å². The lowest BCUT2D eigenvalue weighted by Crippen LogP contribution is -2.25. The molecule has 24 aromatic carbocycles. The van der Waals surface area contributed by atoms with Crippen LogP contribution in [0.2, 0.25) is 0 Å². The zero-order valence-electron chi connectivity index (χ0n) is 80.5. The average Bonchev–Trinajstić information content (AvgIpc) is 1.50. The third kappa shape index (κ3) is 15.5. The molecule has 3 heteroatoms. The van der Waals surface area contributed by atoms with Gasteiger partial charge in [0.25, 0.3) is 0 Å². The third-order valence-corrected chi connectivity index (χ3v) is 30.1. The van der Waals surface area contributed by atoms with E-state index in [9.17, 15) is 0 Å². The van der Waals surface area contributed by atoms with E-state index in [0.29, 0.717) is 0 Å². The van der Waals surface area contributed by atoms with Crippen molar-refractivity contribution >= 4 is 86.2 Å². The Morgan fingerprint density at radius 1 is 0.109 bits per heavy atom. The van der Waals surface area contributed by atoms with E-state index in [1.807, 2.05) is 12.1 Å². The summed E-state index contributed by atoms with van der Waals surface area (Å²) in [5, 5.41) is 20.3. The van der Waals surface area contributed by atoms with E-state index >= 15 is 0 Å². The van der Waals surface area contributed by atoms with E-state index in [1.165, 1.54) is 192 Å². The van der Waals surface area contributed by atoms with Gasteiger partial charge in [0.2, 0.25) is 0 Å². The summed E-state index contributed by atoms with van der Waals surface area (Å²) in [6, 6.07) is 204. The molecule has 0 N–H and O–H groups in total. The van der Waals surface area contributed by atoms with Gasteiger partial charge in [-0.3, -0.25) is 0 Å². The van der Waals surface area contributed by atoms with Crippen LogP contribution in [0.3, 0.4) is 0 Å². The van der Waals surface area contributed by atoms with E-state index in [0.717, 1.165) is 84.2 Å². The number of benzene rings is 24. The minimum atomic E-state index is -0.482. The molecule has 0 radical (unpaired) electrons. The quantitative estimate of drug-likeness (QED) is 0.108. The molecule has 3 nitrogen and oxygen atoms in total. The van der Waals surface area contributed by atoms with Crippen LogP contribution < -0.4 is 0 Å². The highest BCUT2D eigenvalue weighted by atomic mass is 14.7. The first-order chi connectivity index (χ1) is 72.9. The van der Waals surface area contributed by atoms with Crippen molar-refractivity contribution in [2.45, 2.75) is 5.41 Å². The fourth-order valence-electron chi connectivity index (χ4n) is 23.4. The van der Waals surface area contributed by atoms with Gasteiger partial charge in [0.05, 0.1) is 39.6 Å². The molecule has 3 aromatic heterocycles. The summed E-state index contributed by atoms with van der Waals surface area (Å²) in [5.41, 5.74) is 39.1. The summed E-state index contributed by atoms with van der Waals surface area (Å²) in [6.45, 7) is 0. The largest absolute Gasteiger partial charge is 0.248 e. The first-order valence-electron chi connectivity index (χ1n) is 50.6. The van der Waals surface area contributed by atoms with Gasteiger partial charge in [0.15, 0.2) is 0 Å². The SMILES string of the molecule is c1ccc(-c2cc(-c3ccc4c5ccccc5c5ccccc5c4c3)cc(-c3cc(-c4ccccc4)cc(-c4ccccc4)n3)c2)cc1.c1ccc(-c2cc(-c3cccc(-c4ccc5c6ccccc6c6ccccc6c5c4)c3)cc(-c3ccccc3)n2)cc1.c1ccc(-c2cccc3c2-c2ccccc2C32c3ccccc3-c3c(-c4cc(-c5cccc6ccccc56)cc(-c5cccc6ccccc56)n4)cccc32)cc1. The molecule has 0 aliphatic heterocycles. The topological polar surface area (TPSA) is 38.7 Å². The monoisotopic (exact) mass is 1860 g/mol. The molecular formula is C144H93N3. The van der Waals surface area contributed by atoms with Crippen molar-refractivity contribution < 1.29 is 0 Å². The first kappa shape index (κ1) is 86.9. The predicted molar refractivity (Wildman–Crippen MR) is 620 cm³/mol. The van der Waals surface area contributed by atoms with Crippen LogP contribution in [-0.2, 0) is 5.41 Å². The molecule has 0 saturated carbocycles. The molecule has 0 bridgehead atoms. The number of nitrogens with zero attached hydrogens (tertiary/aromatic N) is 3. The number of rotatable bonds is 13. The summed E-state index contributed by atoms with van der Waals surface area (Å²) in [5.74, 6) is 0. The minimum Gasteiger partial charge on any atom is -0.248 e. The second-order valence-corrected chi connectivity index (χ2v) is 38.5. The summed E-state index contributed by atoms with van der Waals surface area (Å²) >= 11 is 0. The first-order valence-corrected chi connectivity index (χ1v) is 50.6. The van der Waals surface area contributed by atoms with Crippen molar-refractivity contribution in [1.29, 1.82) is 0 Å². The summed E-state index contributed by atoms with van der Waals surface area (Å²) in [4.78, 5) is 16.0. The zero-order valence-corrected chi connectivity index (χ0v) is 80.5. The van der Waals surface area contributed by atoms with Crippen LogP contribution in [-0.4, -0.2) is 15.0 Å². The van der Waals surface area contributed by atoms with E-state index in [4.69, 9.17) is 15.0 Å². The van der Waals surface area contributed by atoms with Gasteiger partial charge in [0.1, 0.15) is 0 Å². The van der Waals surface area contributed by atoms with Crippen LogP contribution in [0.25, 0.3) is 254 Å². The standard InChI is InChI=1S/C56H35N.C47H31N.C41H27N/c1-2-16-38(17-3-1)43-27-14-32-50-54(43)45-24-8-10-30-48(45)56(50)49-31-11-9-25-46(49)55-47(29-15-33-51(55)56)53-35-39(42-26-12-20-36-18-4-6-22-40(36)42)34-52(57-53)44-28-13-21-37-19-5-7-23-41(37)44;1-4-14-32(15-5-1)36-26-37(35-24-25-44-42-22-11-10-20-40(42)41-21-12-13-23-43(41)45(44)29-35)28-39(27-36)47-31-38(33-16-6-2-7-17-33)30-46(48-47)34-18-8-3-9-19-34;1-3-12-28(13-4-1)40-26-33(27-41(42-40)29-14-5-2-6-15-29)31-17-11-16-30(24-31)32-22-23-38-36-20-8-7-18-34(36)35-19-9-10-21-37(35)39(38)25-32/h1-35H;1-31H;1-27H. The van der Waals surface area contributed by atoms with Crippen molar-refractivity contribution in [2.24, 2.45) is 0 Å². The molecule has 3 heterocycles. The van der Waals surface area contributed by atoms with E-state index in [2.05, 4.69) is 552 Å². The van der Waals surface area contributed by atoms with Crippen molar-refractivity contribution in [3.8, 4) is 168 Å². The lowest BCUT2D eigenvalue weighted by Gasteiger charge is -2.30. The molecular weight excluding hydrogens is 1770 g/mol. The van der Waals surface area contributed by atoms with Gasteiger partial charge >= 0.3 is 0 Å². The number of aromatic nitrogens is 3. The van der Waals surface area contributed by atoms with Gasteiger partial charge < -0.3 is 0 Å². The molecule has 27 aromatic rings. The zero-order chi connectivity index (χ0) is 97.2. The van der Waals surface area contributed by atoms with Gasteiger partial charge in [-0.05, 0) is 281 Å². The Morgan fingerprint density at radius 3 is 0.816 bits per heavy atom. The maximum absolute atomic E-state index is 5.64. The molecule has 1 atom stereocenters. The molecule has 0 saturated heterocycles. The second-order valence-electron chi connectivity index (χ2n) is 38.5. The molecule has 1 unspecified atom stereocenters. The molecule has 2 aliphatic rings. The highest BCUT2D eigenvalue weighted by Gasteiger charge is 2.53. The lowest BCUT2D eigenvalue weighted by atomic mass is 9.70. The van der Waals surface area contributed by atoms with Crippen molar-refractivity contribution in [2.75, 3.05) is 0 Å². The Hall–Kier alpha value is -19.2. The number of hydrogen-bond donors (Lipinski definition) is 0. The third-order valence-electron chi connectivity index (χ3n) is 30.1. The molecule has 0 amide bonds. The van der Waals surface area contributed by atoms with Crippen LogP contribution in [0.5, 0.6) is 0 Å². The maximum Gasteiger partial charge on any atom is 0.0725 e. The number of pyridine rings is 3. The average molecular weight is 1870 g/mol. The number of hydrogen-bond acceptors (Lipinski definition) is 3. The Kier molecular flexibility index (Phi) is 21.9. The Balaban J connectivity index is 0.000000110. The van der Waals surface area contributed by atoms with Gasteiger partial charge in [-0.2, -0.15) is 0 Å². The number of fused-ring (bicyclic) bond motifs is 24. The fourth-order valence-corrected chi connectivity index (χ4v) is 23.4. The normalized spacial score (nSPS) is 12.7. The van der Waals surface area contributed by atoms with E-state index in [-0.39, 0.29) is 0 Å². The van der Waals surface area contributed by atoms with Gasteiger partial charge in [-0.1, -0.05) is 491 Å². The highest BCUT2D eigenvalue weighted by Crippen LogP contribution is 2.66. The van der Waals surface area contributed by atoms with E-state index < -0.39 is 5.41 Å². The van der Waals surface area contributed by atoms with Gasteiger partial charge in [-0.25, -0.2) is 15.0 Å². The fraction of sp³-hybridized carbons (Fsp3) is 0.00694. The smallest absolute Gasteiger partial charge is 0.0725 e. The molecule has 0 fully saturated rings.